The first-order valence-electron chi connectivity index (χ1n) is 6.51. The van der Waals surface area contributed by atoms with Gasteiger partial charge < -0.3 is 5.73 Å². The Morgan fingerprint density at radius 2 is 1.96 bits per heavy atom. The third kappa shape index (κ3) is 2.69. The summed E-state index contributed by atoms with van der Waals surface area (Å²) in [5.74, 6) is -1.42. The molecule has 0 unspecified atom stereocenters. The molecule has 0 atom stereocenters. The van der Waals surface area contributed by atoms with E-state index in [4.69, 9.17) is 5.73 Å². The van der Waals surface area contributed by atoms with Crippen LogP contribution in [-0.2, 0) is 0 Å². The maximum atomic E-state index is 14.0. The standard InChI is InChI=1S/C16H9BrF2N4/c17-9-2-1-3-11(6-9)23-16(21)13(8-20)15(22-23)12-5-4-10(18)7-14(12)19/h1-7H,21H2. The van der Waals surface area contributed by atoms with Crippen molar-refractivity contribution in [3.8, 4) is 23.0 Å². The Morgan fingerprint density at radius 1 is 1.17 bits per heavy atom. The highest BCUT2D eigenvalue weighted by Gasteiger charge is 2.20. The largest absolute Gasteiger partial charge is 0.382 e. The van der Waals surface area contributed by atoms with E-state index in [9.17, 15) is 14.0 Å². The zero-order valence-corrected chi connectivity index (χ0v) is 13.2. The molecule has 2 aromatic carbocycles. The first-order valence-corrected chi connectivity index (χ1v) is 7.30. The lowest BCUT2D eigenvalue weighted by atomic mass is 10.1. The highest BCUT2D eigenvalue weighted by atomic mass is 79.9. The van der Waals surface area contributed by atoms with Crippen molar-refractivity contribution in [2.75, 3.05) is 5.73 Å². The summed E-state index contributed by atoms with van der Waals surface area (Å²) < 4.78 is 29.2. The number of nitrogen functional groups attached to an aromatic ring is 1. The summed E-state index contributed by atoms with van der Waals surface area (Å²) in [5, 5.41) is 13.6. The second kappa shape index (κ2) is 5.82. The van der Waals surface area contributed by atoms with Gasteiger partial charge in [0.25, 0.3) is 0 Å². The molecule has 1 heterocycles. The summed E-state index contributed by atoms with van der Waals surface area (Å²) >= 11 is 3.34. The molecule has 0 fully saturated rings. The lowest BCUT2D eigenvalue weighted by Gasteiger charge is -2.04. The summed E-state index contributed by atoms with van der Waals surface area (Å²) in [6, 6.07) is 12.1. The molecule has 7 heteroatoms. The molecule has 0 aliphatic carbocycles. The fourth-order valence-electron chi connectivity index (χ4n) is 2.22. The molecule has 0 amide bonds. The van der Waals surface area contributed by atoms with E-state index in [0.717, 1.165) is 16.6 Å². The van der Waals surface area contributed by atoms with Crippen molar-refractivity contribution in [2.45, 2.75) is 0 Å². The van der Waals surface area contributed by atoms with Crippen LogP contribution in [0.5, 0.6) is 0 Å². The number of aromatic nitrogens is 2. The molecule has 23 heavy (non-hydrogen) atoms. The van der Waals surface area contributed by atoms with Crippen LogP contribution >= 0.6 is 15.9 Å². The fraction of sp³-hybridized carbons (Fsp3) is 0. The number of halogens is 3. The average molecular weight is 375 g/mol. The molecule has 0 saturated carbocycles. The topological polar surface area (TPSA) is 67.6 Å². The normalized spacial score (nSPS) is 10.5. The van der Waals surface area contributed by atoms with Crippen LogP contribution in [0.1, 0.15) is 5.56 Å². The highest BCUT2D eigenvalue weighted by molar-refractivity contribution is 9.10. The van der Waals surface area contributed by atoms with Gasteiger partial charge in [0.15, 0.2) is 0 Å². The zero-order valence-electron chi connectivity index (χ0n) is 11.6. The predicted molar refractivity (Wildman–Crippen MR) is 85.7 cm³/mol. The number of rotatable bonds is 2. The number of hydrogen-bond acceptors (Lipinski definition) is 3. The summed E-state index contributed by atoms with van der Waals surface area (Å²) in [6.07, 6.45) is 0. The van der Waals surface area contributed by atoms with E-state index < -0.39 is 11.6 Å². The molecule has 3 aromatic rings. The first-order chi connectivity index (χ1) is 11.0. The van der Waals surface area contributed by atoms with E-state index in [-0.39, 0.29) is 22.6 Å². The van der Waals surface area contributed by atoms with Gasteiger partial charge in [0, 0.05) is 16.1 Å². The van der Waals surface area contributed by atoms with Crippen LogP contribution in [0.3, 0.4) is 0 Å². The van der Waals surface area contributed by atoms with Crippen molar-refractivity contribution >= 4 is 21.7 Å². The fourth-order valence-corrected chi connectivity index (χ4v) is 2.60. The Bertz CT molecular complexity index is 944. The molecule has 4 nitrogen and oxygen atoms in total. The lowest BCUT2D eigenvalue weighted by Crippen LogP contribution is -2.02. The van der Waals surface area contributed by atoms with Gasteiger partial charge in [-0.1, -0.05) is 22.0 Å². The van der Waals surface area contributed by atoms with Crippen molar-refractivity contribution in [1.82, 2.24) is 9.78 Å². The van der Waals surface area contributed by atoms with Gasteiger partial charge in [-0.25, -0.2) is 13.5 Å². The molecule has 0 bridgehead atoms. The van der Waals surface area contributed by atoms with Gasteiger partial charge in [-0.05, 0) is 30.3 Å². The molecule has 114 valence electrons. The van der Waals surface area contributed by atoms with Crippen LogP contribution in [0.15, 0.2) is 46.9 Å². The molecule has 0 aliphatic heterocycles. The molecular formula is C16H9BrF2N4. The SMILES string of the molecule is N#Cc1c(-c2ccc(F)cc2F)nn(-c2cccc(Br)c2)c1N. The Balaban J connectivity index is 2.24. The van der Waals surface area contributed by atoms with Gasteiger partial charge in [0.1, 0.15) is 34.8 Å². The van der Waals surface area contributed by atoms with Crippen LogP contribution in [-0.4, -0.2) is 9.78 Å². The summed E-state index contributed by atoms with van der Waals surface area (Å²) in [6.45, 7) is 0. The van der Waals surface area contributed by atoms with Gasteiger partial charge in [0.05, 0.1) is 5.69 Å². The van der Waals surface area contributed by atoms with Crippen molar-refractivity contribution in [3.05, 3.63) is 64.1 Å². The Kier molecular flexibility index (Phi) is 3.84. The molecule has 0 aliphatic rings. The number of nitriles is 1. The molecular weight excluding hydrogens is 366 g/mol. The second-order valence-electron chi connectivity index (χ2n) is 4.74. The summed E-state index contributed by atoms with van der Waals surface area (Å²) in [4.78, 5) is 0. The third-order valence-electron chi connectivity index (χ3n) is 3.27. The first kappa shape index (κ1) is 15.2. The van der Waals surface area contributed by atoms with Crippen molar-refractivity contribution < 1.29 is 8.78 Å². The maximum absolute atomic E-state index is 14.0. The maximum Gasteiger partial charge on any atom is 0.145 e. The average Bonchev–Trinajstić information content (AvgIpc) is 2.84. The van der Waals surface area contributed by atoms with Crippen LogP contribution in [0.25, 0.3) is 16.9 Å². The van der Waals surface area contributed by atoms with Gasteiger partial charge in [0.2, 0.25) is 0 Å². The Morgan fingerprint density at radius 3 is 2.61 bits per heavy atom. The minimum absolute atomic E-state index is 0.0170. The lowest BCUT2D eigenvalue weighted by molar-refractivity contribution is 0.585. The molecule has 3 rings (SSSR count). The van der Waals surface area contributed by atoms with E-state index in [1.807, 2.05) is 12.1 Å². The van der Waals surface area contributed by atoms with Crippen LogP contribution < -0.4 is 5.73 Å². The van der Waals surface area contributed by atoms with Gasteiger partial charge >= 0.3 is 0 Å². The number of anilines is 1. The Hall–Kier alpha value is -2.72. The van der Waals surface area contributed by atoms with E-state index in [0.29, 0.717) is 5.69 Å². The van der Waals surface area contributed by atoms with Crippen LogP contribution in [0, 0.1) is 23.0 Å². The second-order valence-corrected chi connectivity index (χ2v) is 5.65. The predicted octanol–water partition coefficient (Wildman–Crippen LogP) is 4.03. The molecule has 0 radical (unpaired) electrons. The monoisotopic (exact) mass is 374 g/mol. The Labute approximate surface area is 138 Å². The van der Waals surface area contributed by atoms with Gasteiger partial charge in [-0.15, -0.1) is 0 Å². The highest BCUT2D eigenvalue weighted by Crippen LogP contribution is 2.31. The van der Waals surface area contributed by atoms with E-state index in [2.05, 4.69) is 21.0 Å². The number of nitrogens with two attached hydrogens (primary N) is 1. The van der Waals surface area contributed by atoms with E-state index >= 15 is 0 Å². The minimum Gasteiger partial charge on any atom is -0.382 e. The van der Waals surface area contributed by atoms with Gasteiger partial charge in [-0.3, -0.25) is 0 Å². The number of nitrogens with zero attached hydrogens (tertiary/aromatic N) is 3. The van der Waals surface area contributed by atoms with Crippen LogP contribution in [0.2, 0.25) is 0 Å². The van der Waals surface area contributed by atoms with E-state index in [1.54, 1.807) is 18.2 Å². The molecule has 1 aromatic heterocycles. The van der Waals surface area contributed by atoms with Crippen LogP contribution in [0.4, 0.5) is 14.6 Å². The molecule has 0 saturated heterocycles. The number of benzene rings is 2. The summed E-state index contributed by atoms with van der Waals surface area (Å²) in [5.41, 5.74) is 6.72. The molecule has 2 N–H and O–H groups in total. The third-order valence-corrected chi connectivity index (χ3v) is 3.77. The zero-order chi connectivity index (χ0) is 16.6. The number of hydrogen-bond donors (Lipinski definition) is 1. The summed E-state index contributed by atoms with van der Waals surface area (Å²) in [7, 11) is 0. The quantitative estimate of drug-likeness (QED) is 0.735. The molecule has 0 spiro atoms. The van der Waals surface area contributed by atoms with Gasteiger partial charge in [-0.2, -0.15) is 10.4 Å². The van der Waals surface area contributed by atoms with E-state index in [1.165, 1.54) is 10.7 Å². The van der Waals surface area contributed by atoms with Crippen molar-refractivity contribution in [3.63, 3.8) is 0 Å². The smallest absolute Gasteiger partial charge is 0.145 e. The van der Waals surface area contributed by atoms with Crippen molar-refractivity contribution in [1.29, 1.82) is 5.26 Å². The minimum atomic E-state index is -0.805. The van der Waals surface area contributed by atoms with Crippen molar-refractivity contribution in [2.24, 2.45) is 0 Å².